The largest absolute Gasteiger partial charge is 0.490 e. The molecule has 0 fully saturated rings. The van der Waals surface area contributed by atoms with Gasteiger partial charge in [0.1, 0.15) is 18.2 Å². The molecule has 6 heteroatoms. The van der Waals surface area contributed by atoms with Gasteiger partial charge in [-0.05, 0) is 63.0 Å². The predicted molar refractivity (Wildman–Crippen MR) is 116 cm³/mol. The van der Waals surface area contributed by atoms with Crippen molar-refractivity contribution < 1.29 is 14.3 Å². The maximum atomic E-state index is 11.3. The lowest BCUT2D eigenvalue weighted by atomic mass is 10.1. The first-order valence-corrected chi connectivity index (χ1v) is 9.80. The average molecular weight is 451 g/mol. The zero-order valence-corrected chi connectivity index (χ0v) is 17.4. The number of ether oxygens (including phenoxy) is 2. The molecule has 0 atom stereocenters. The molecule has 3 aromatic carbocycles. The molecule has 0 aliphatic heterocycles. The van der Waals surface area contributed by atoms with Gasteiger partial charge in [-0.25, -0.2) is 0 Å². The van der Waals surface area contributed by atoms with Crippen LogP contribution in [0.5, 0.6) is 11.5 Å². The van der Waals surface area contributed by atoms with Crippen LogP contribution in [-0.4, -0.2) is 12.5 Å². The molecule has 0 aliphatic rings. The first kappa shape index (κ1) is 20.4. The lowest BCUT2D eigenvalue weighted by Crippen LogP contribution is -2.12. The summed E-state index contributed by atoms with van der Waals surface area (Å²) in [6, 6.07) is 19.5. The van der Waals surface area contributed by atoms with Crippen LogP contribution >= 0.6 is 15.9 Å². The van der Waals surface area contributed by atoms with Gasteiger partial charge in [-0.3, -0.25) is 4.79 Å². The summed E-state index contributed by atoms with van der Waals surface area (Å²) >= 11 is 3.51. The Hall–Kier alpha value is -3.30. The van der Waals surface area contributed by atoms with Gasteiger partial charge in [0.15, 0.2) is 11.5 Å². The maximum absolute atomic E-state index is 11.3. The molecule has 0 saturated heterocycles. The molecule has 5 nitrogen and oxygen atoms in total. The fourth-order valence-electron chi connectivity index (χ4n) is 2.97. The van der Waals surface area contributed by atoms with Gasteiger partial charge in [-0.15, -0.1) is 0 Å². The highest BCUT2D eigenvalue weighted by molar-refractivity contribution is 9.10. The highest BCUT2D eigenvalue weighted by Gasteiger charge is 2.14. The molecule has 29 heavy (non-hydrogen) atoms. The molecular formula is C23H19BrN2O3. The van der Waals surface area contributed by atoms with Crippen molar-refractivity contribution in [1.82, 2.24) is 0 Å². The van der Waals surface area contributed by atoms with E-state index in [4.69, 9.17) is 20.5 Å². The van der Waals surface area contributed by atoms with E-state index >= 15 is 0 Å². The molecule has 0 heterocycles. The smallest absolute Gasteiger partial charge is 0.259 e. The normalized spacial score (nSPS) is 11.1. The molecular weight excluding hydrogens is 432 g/mol. The minimum Gasteiger partial charge on any atom is -0.490 e. The molecule has 1 amide bonds. The van der Waals surface area contributed by atoms with E-state index in [0.29, 0.717) is 34.7 Å². The molecule has 0 radical (unpaired) electrons. The van der Waals surface area contributed by atoms with Crippen LogP contribution in [0.3, 0.4) is 0 Å². The fourth-order valence-corrected chi connectivity index (χ4v) is 3.54. The summed E-state index contributed by atoms with van der Waals surface area (Å²) in [4.78, 5) is 11.3. The third-order valence-corrected chi connectivity index (χ3v) is 4.87. The number of nitrogens with two attached hydrogens (primary N) is 1. The number of amides is 1. The Kier molecular flexibility index (Phi) is 6.53. The van der Waals surface area contributed by atoms with E-state index in [0.717, 1.165) is 16.3 Å². The first-order valence-electron chi connectivity index (χ1n) is 9.01. The number of carbonyl (C=O) groups excluding carboxylic acids is 1. The van der Waals surface area contributed by atoms with Crippen molar-refractivity contribution in [2.75, 3.05) is 6.61 Å². The molecule has 0 aromatic heterocycles. The van der Waals surface area contributed by atoms with Crippen LogP contribution in [0, 0.1) is 11.3 Å². The molecule has 0 spiro atoms. The number of rotatable bonds is 7. The van der Waals surface area contributed by atoms with Crippen molar-refractivity contribution in [2.24, 2.45) is 5.73 Å². The Morgan fingerprint density at radius 2 is 1.93 bits per heavy atom. The van der Waals surface area contributed by atoms with Gasteiger partial charge < -0.3 is 15.2 Å². The third kappa shape index (κ3) is 4.76. The lowest BCUT2D eigenvalue weighted by molar-refractivity contribution is -0.114. The van der Waals surface area contributed by atoms with Crippen molar-refractivity contribution in [3.63, 3.8) is 0 Å². The van der Waals surface area contributed by atoms with Crippen LogP contribution in [0.2, 0.25) is 0 Å². The van der Waals surface area contributed by atoms with Gasteiger partial charge in [0.25, 0.3) is 5.91 Å². The maximum Gasteiger partial charge on any atom is 0.259 e. The number of nitrogens with zero attached hydrogens (tertiary/aromatic N) is 1. The third-order valence-electron chi connectivity index (χ3n) is 4.28. The number of primary amides is 1. The molecule has 2 N–H and O–H groups in total. The van der Waals surface area contributed by atoms with Crippen LogP contribution in [0.25, 0.3) is 16.8 Å². The van der Waals surface area contributed by atoms with Crippen LogP contribution in [0.4, 0.5) is 0 Å². The van der Waals surface area contributed by atoms with Crippen molar-refractivity contribution in [2.45, 2.75) is 13.5 Å². The van der Waals surface area contributed by atoms with Crippen molar-refractivity contribution in [3.8, 4) is 17.6 Å². The molecule has 0 saturated carbocycles. The second kappa shape index (κ2) is 9.26. The number of hydrogen-bond donors (Lipinski definition) is 1. The Morgan fingerprint density at radius 3 is 2.66 bits per heavy atom. The Labute approximate surface area is 177 Å². The summed E-state index contributed by atoms with van der Waals surface area (Å²) in [7, 11) is 0. The second-order valence-corrected chi connectivity index (χ2v) is 7.08. The Balaban J connectivity index is 1.94. The summed E-state index contributed by atoms with van der Waals surface area (Å²) < 4.78 is 12.5. The molecule has 3 rings (SSSR count). The zero-order valence-electron chi connectivity index (χ0n) is 15.8. The zero-order chi connectivity index (χ0) is 20.8. The number of fused-ring (bicyclic) bond motifs is 1. The SMILES string of the molecule is CCOc1cc(/C=C(\C#N)C(N)=O)cc(Br)c1OCc1cccc2ccccc12. The summed E-state index contributed by atoms with van der Waals surface area (Å²) in [5.41, 5.74) is 6.75. The van der Waals surface area contributed by atoms with Crippen LogP contribution in [0.15, 0.2) is 64.6 Å². The highest BCUT2D eigenvalue weighted by atomic mass is 79.9. The number of nitriles is 1. The molecule has 0 bridgehead atoms. The van der Waals surface area contributed by atoms with Crippen LogP contribution < -0.4 is 15.2 Å². The Bertz CT molecular complexity index is 1130. The van der Waals surface area contributed by atoms with Crippen molar-refractivity contribution >= 4 is 38.7 Å². The standard InChI is InChI=1S/C23H19BrN2O3/c1-2-28-21-12-15(10-18(13-25)23(26)27)11-20(24)22(21)29-14-17-8-5-7-16-6-3-4-9-19(16)17/h3-12H,2,14H2,1H3,(H2,26,27)/b18-10+. The van der Waals surface area contributed by atoms with E-state index in [1.165, 1.54) is 6.08 Å². The first-order chi connectivity index (χ1) is 14.0. The van der Waals surface area contributed by atoms with Crippen LogP contribution in [-0.2, 0) is 11.4 Å². The average Bonchev–Trinajstić information content (AvgIpc) is 2.71. The molecule has 0 aliphatic carbocycles. The predicted octanol–water partition coefficient (Wildman–Crippen LogP) is 4.97. The lowest BCUT2D eigenvalue weighted by Gasteiger charge is -2.15. The van der Waals surface area contributed by atoms with E-state index < -0.39 is 5.91 Å². The van der Waals surface area contributed by atoms with E-state index in [2.05, 4.69) is 34.1 Å². The van der Waals surface area contributed by atoms with Gasteiger partial charge in [-0.1, -0.05) is 42.5 Å². The highest BCUT2D eigenvalue weighted by Crippen LogP contribution is 2.38. The summed E-state index contributed by atoms with van der Waals surface area (Å²) in [5.74, 6) is 0.280. The number of hydrogen-bond acceptors (Lipinski definition) is 4. The molecule has 0 unspecified atom stereocenters. The van der Waals surface area contributed by atoms with Gasteiger partial charge in [0, 0.05) is 0 Å². The van der Waals surface area contributed by atoms with E-state index in [9.17, 15) is 4.79 Å². The van der Waals surface area contributed by atoms with Gasteiger partial charge >= 0.3 is 0 Å². The number of halogens is 1. The molecule has 3 aromatic rings. The van der Waals surface area contributed by atoms with Crippen molar-refractivity contribution in [3.05, 3.63) is 75.8 Å². The van der Waals surface area contributed by atoms with Crippen molar-refractivity contribution in [1.29, 1.82) is 5.26 Å². The van der Waals surface area contributed by atoms with E-state index in [1.807, 2.05) is 31.2 Å². The minimum atomic E-state index is -0.780. The van der Waals surface area contributed by atoms with E-state index in [-0.39, 0.29) is 5.57 Å². The van der Waals surface area contributed by atoms with Gasteiger partial charge in [0.2, 0.25) is 0 Å². The van der Waals surface area contributed by atoms with E-state index in [1.54, 1.807) is 18.2 Å². The number of benzene rings is 3. The summed E-state index contributed by atoms with van der Waals surface area (Å²) in [5, 5.41) is 11.3. The summed E-state index contributed by atoms with van der Waals surface area (Å²) in [6.45, 7) is 2.67. The second-order valence-electron chi connectivity index (χ2n) is 6.22. The topological polar surface area (TPSA) is 85.3 Å². The fraction of sp³-hybridized carbons (Fsp3) is 0.130. The van der Waals surface area contributed by atoms with Gasteiger partial charge in [-0.2, -0.15) is 5.26 Å². The van der Waals surface area contributed by atoms with Crippen LogP contribution in [0.1, 0.15) is 18.1 Å². The monoisotopic (exact) mass is 450 g/mol. The number of carbonyl (C=O) groups is 1. The summed E-state index contributed by atoms with van der Waals surface area (Å²) in [6.07, 6.45) is 1.42. The Morgan fingerprint density at radius 1 is 1.17 bits per heavy atom. The quantitative estimate of drug-likeness (QED) is 0.406. The minimum absolute atomic E-state index is 0.135. The molecule has 146 valence electrons. The van der Waals surface area contributed by atoms with Gasteiger partial charge in [0.05, 0.1) is 11.1 Å².